The SMILES string of the molecule is Cc1cc2c(c(C)c1C)C(C)c1c3c(c4ccccc4c1-2)C(C)C(C)C(C)[C]3(C)[Zr+2](=[CH]Cc1ccccc1)[C]1=CC(C23CC4CC(CC(C4)C2)C3)=CC1C.[Cl-].[Cl-]. The van der Waals surface area contributed by atoms with Crippen molar-refractivity contribution in [2.45, 2.75) is 122 Å². The fraction of sp³-hybridized carbons (Fsp3) is 0.491. The van der Waals surface area contributed by atoms with E-state index in [0.29, 0.717) is 35.0 Å². The molecule has 4 saturated carbocycles. The van der Waals surface area contributed by atoms with Crippen LogP contribution in [0.4, 0.5) is 0 Å². The van der Waals surface area contributed by atoms with Crippen LogP contribution in [0.5, 0.6) is 0 Å². The van der Waals surface area contributed by atoms with E-state index < -0.39 is 21.3 Å². The molecule has 0 heterocycles. The maximum Gasteiger partial charge on any atom is -1.00 e. The summed E-state index contributed by atoms with van der Waals surface area (Å²) in [4.78, 5) is 0. The maximum absolute atomic E-state index is 3.01. The van der Waals surface area contributed by atoms with Crippen LogP contribution in [0.3, 0.4) is 0 Å². The third-order valence-corrected chi connectivity index (χ3v) is 26.2. The summed E-state index contributed by atoms with van der Waals surface area (Å²) in [5.41, 5.74) is 18.1. The van der Waals surface area contributed by atoms with Gasteiger partial charge in [-0.1, -0.05) is 0 Å². The van der Waals surface area contributed by atoms with Gasteiger partial charge in [-0.05, 0) is 0 Å². The molecule has 4 aromatic rings. The smallest absolute Gasteiger partial charge is 1.00 e. The van der Waals surface area contributed by atoms with Crippen molar-refractivity contribution in [2.24, 2.45) is 40.9 Å². The molecule has 0 aliphatic heterocycles. The summed E-state index contributed by atoms with van der Waals surface area (Å²) in [5.74, 6) is 5.62. The van der Waals surface area contributed by atoms with E-state index in [1.807, 2.05) is 3.28 Å². The first-order valence-corrected chi connectivity index (χ1v) is 25.7. The summed E-state index contributed by atoms with van der Waals surface area (Å²) in [6.07, 6.45) is 15.8. The van der Waals surface area contributed by atoms with Crippen molar-refractivity contribution >= 4 is 14.5 Å². The zero-order valence-electron chi connectivity index (χ0n) is 35.3. The van der Waals surface area contributed by atoms with Crippen molar-refractivity contribution in [3.05, 3.63) is 126 Å². The fourth-order valence-electron chi connectivity index (χ4n) is 14.4. The minimum absolute atomic E-state index is 0. The normalized spacial score (nSPS) is 33.3. The van der Waals surface area contributed by atoms with E-state index in [1.165, 1.54) is 77.1 Å². The molecule has 0 amide bonds. The molecule has 0 N–H and O–H groups in total. The number of aryl methyl sites for hydroxylation is 1. The second-order valence-corrected chi connectivity index (χ2v) is 26.9. The Balaban J connectivity index is 0.00000220. The molecule has 7 aliphatic rings. The van der Waals surface area contributed by atoms with E-state index in [0.717, 1.165) is 24.2 Å². The Morgan fingerprint density at radius 1 is 0.732 bits per heavy atom. The van der Waals surface area contributed by atoms with Crippen LogP contribution in [0.2, 0.25) is 0 Å². The minimum Gasteiger partial charge on any atom is -1.00 e. The zero-order valence-corrected chi connectivity index (χ0v) is 39.3. The molecule has 3 heteroatoms. The standard InChI is InChI=1S/C29H33.C16H21.C8H8.2ClH.Zr/c1-14-13-24-25(18(5)15(14)2)21(8)28-27-20(7)17(4)16(3)19(6)26(27)22-11-9-10-12-23(22)29(24)28;1-11-2-3-15(4-11)16-8-12-5-13(9-16)7-14(6-12)10-16;1-2-8-6-4-3-5-7-8;;;/h9-13,16-17,19,21H,1-8H3;3-4,11-14H,5-10H2,1H3;1,3-7H,2H2;2*1H;/q;;;;;+2/p-2. The monoisotopic (exact) mass is 858 g/mol. The Kier molecular flexibility index (Phi) is 10.6. The van der Waals surface area contributed by atoms with Crippen LogP contribution in [0.1, 0.15) is 136 Å². The maximum atomic E-state index is 3.01. The van der Waals surface area contributed by atoms with Gasteiger partial charge in [0.1, 0.15) is 0 Å². The van der Waals surface area contributed by atoms with Gasteiger partial charge >= 0.3 is 336 Å². The molecule has 11 rings (SSSR count). The van der Waals surface area contributed by atoms with Crippen LogP contribution >= 0.6 is 0 Å². The molecule has 4 bridgehead atoms. The molecule has 0 nitrogen and oxygen atoms in total. The van der Waals surface area contributed by atoms with Gasteiger partial charge in [-0.15, -0.1) is 0 Å². The summed E-state index contributed by atoms with van der Waals surface area (Å²) in [7, 11) is 0. The third-order valence-electron chi connectivity index (χ3n) is 17.2. The van der Waals surface area contributed by atoms with Gasteiger partial charge in [0, 0.05) is 0 Å². The Labute approximate surface area is 358 Å². The van der Waals surface area contributed by atoms with Crippen molar-refractivity contribution < 1.29 is 46.1 Å². The van der Waals surface area contributed by atoms with Gasteiger partial charge in [0.2, 0.25) is 0 Å². The first kappa shape index (κ1) is 40.7. The number of benzene rings is 4. The van der Waals surface area contributed by atoms with E-state index in [-0.39, 0.29) is 27.9 Å². The fourth-order valence-corrected chi connectivity index (χ4v) is 23.9. The van der Waals surface area contributed by atoms with Gasteiger partial charge in [-0.25, -0.2) is 0 Å². The van der Waals surface area contributed by atoms with Crippen LogP contribution in [0, 0.1) is 61.7 Å². The average molecular weight is 861 g/mol. The van der Waals surface area contributed by atoms with Crippen LogP contribution in [-0.4, -0.2) is 3.71 Å². The number of hydrogen-bond donors (Lipinski definition) is 0. The Morgan fingerprint density at radius 3 is 1.98 bits per heavy atom. The predicted molar refractivity (Wildman–Crippen MR) is 227 cm³/mol. The largest absolute Gasteiger partial charge is 1.00 e. The Bertz CT molecular complexity index is 2290. The quantitative estimate of drug-likeness (QED) is 0.192. The van der Waals surface area contributed by atoms with E-state index in [4.69, 9.17) is 0 Å². The topological polar surface area (TPSA) is 0 Å². The van der Waals surface area contributed by atoms with Crippen molar-refractivity contribution in [1.82, 2.24) is 0 Å². The first-order chi connectivity index (χ1) is 25.9. The molecule has 56 heavy (non-hydrogen) atoms. The van der Waals surface area contributed by atoms with Crippen LogP contribution in [0.15, 0.2) is 81.7 Å². The minimum atomic E-state index is -2.68. The van der Waals surface area contributed by atoms with Gasteiger partial charge in [-0.2, -0.15) is 0 Å². The molecule has 4 fully saturated rings. The van der Waals surface area contributed by atoms with Gasteiger partial charge in [0.25, 0.3) is 0 Å². The van der Waals surface area contributed by atoms with Crippen LogP contribution in [-0.2, 0) is 30.8 Å². The molecule has 0 saturated heterocycles. The Morgan fingerprint density at radius 2 is 1.34 bits per heavy atom. The van der Waals surface area contributed by atoms with Crippen molar-refractivity contribution in [2.75, 3.05) is 0 Å². The third kappa shape index (κ3) is 5.77. The van der Waals surface area contributed by atoms with Crippen molar-refractivity contribution in [1.29, 1.82) is 0 Å². The molecule has 6 unspecified atom stereocenters. The number of rotatable bonds is 5. The second-order valence-electron chi connectivity index (χ2n) is 19.9. The molecular weight excluding hydrogens is 799 g/mol. The molecule has 4 aromatic carbocycles. The Hall–Kier alpha value is -2.05. The summed E-state index contributed by atoms with van der Waals surface area (Å²) in [6, 6.07) is 23.6. The number of hydrogen-bond acceptors (Lipinski definition) is 0. The molecule has 292 valence electrons. The first-order valence-electron chi connectivity index (χ1n) is 21.8. The van der Waals surface area contributed by atoms with E-state index in [9.17, 15) is 0 Å². The summed E-state index contributed by atoms with van der Waals surface area (Å²) < 4.78 is 5.03. The molecule has 0 aromatic heterocycles. The van der Waals surface area contributed by atoms with Crippen molar-refractivity contribution in [3.63, 3.8) is 0 Å². The van der Waals surface area contributed by atoms with Crippen LogP contribution < -0.4 is 24.8 Å². The van der Waals surface area contributed by atoms with E-state index in [2.05, 4.69) is 139 Å². The molecule has 0 radical (unpaired) electrons. The average Bonchev–Trinajstić information content (AvgIpc) is 3.69. The second kappa shape index (κ2) is 14.6. The van der Waals surface area contributed by atoms with Gasteiger partial charge in [0.05, 0.1) is 0 Å². The summed E-state index contributed by atoms with van der Waals surface area (Å²) >= 11 is -2.68. The predicted octanol–water partition coefficient (Wildman–Crippen LogP) is 7.85. The molecule has 7 aliphatic carbocycles. The number of halogens is 2. The van der Waals surface area contributed by atoms with E-state index >= 15 is 0 Å². The van der Waals surface area contributed by atoms with E-state index in [1.54, 1.807) is 33.4 Å². The van der Waals surface area contributed by atoms with Gasteiger partial charge in [0.15, 0.2) is 0 Å². The van der Waals surface area contributed by atoms with Crippen molar-refractivity contribution in [3.8, 4) is 11.1 Å². The van der Waals surface area contributed by atoms with Gasteiger partial charge < -0.3 is 24.8 Å². The summed E-state index contributed by atoms with van der Waals surface area (Å²) in [6.45, 7) is 23.0. The van der Waals surface area contributed by atoms with Gasteiger partial charge in [-0.3, -0.25) is 0 Å². The summed E-state index contributed by atoms with van der Waals surface area (Å²) in [5, 5.41) is 3.03. The zero-order chi connectivity index (χ0) is 37.4. The number of fused-ring (bicyclic) bond motifs is 8. The molecule has 0 spiro atoms. The number of allylic oxidation sites excluding steroid dienone is 4. The molecule has 6 atom stereocenters. The molecular formula is C53H62Cl2Zr. The van der Waals surface area contributed by atoms with Crippen LogP contribution in [0.25, 0.3) is 21.9 Å².